The van der Waals surface area contributed by atoms with Crippen LogP contribution in [0.2, 0.25) is 10.0 Å². The molecule has 1 aliphatic rings. The second-order valence-corrected chi connectivity index (χ2v) is 6.54. The normalized spacial score (nSPS) is 20.7. The fourth-order valence-corrected chi connectivity index (χ4v) is 3.48. The van der Waals surface area contributed by atoms with Crippen LogP contribution in [0.15, 0.2) is 18.2 Å². The molecule has 2 rings (SSSR count). The molecule has 0 aliphatic heterocycles. The number of nitrogens with two attached hydrogens (primary N) is 1. The highest BCUT2D eigenvalue weighted by Gasteiger charge is 2.33. The van der Waals surface area contributed by atoms with Crippen molar-refractivity contribution in [3.8, 4) is 0 Å². The third-order valence-electron chi connectivity index (χ3n) is 4.38. The van der Waals surface area contributed by atoms with E-state index < -0.39 is 0 Å². The summed E-state index contributed by atoms with van der Waals surface area (Å²) in [5.74, 6) is 0. The zero-order valence-corrected chi connectivity index (χ0v) is 12.4. The molecule has 1 nitrogen and oxygen atoms in total. The van der Waals surface area contributed by atoms with Crippen LogP contribution in [0.25, 0.3) is 0 Å². The predicted octanol–water partition coefficient (Wildman–Crippen LogP) is 4.83. The van der Waals surface area contributed by atoms with E-state index in [1.54, 1.807) is 0 Å². The highest BCUT2D eigenvalue weighted by molar-refractivity contribution is 6.36. The maximum Gasteiger partial charge on any atom is 0.0453 e. The molecule has 0 amide bonds. The van der Waals surface area contributed by atoms with E-state index in [-0.39, 0.29) is 11.5 Å². The first-order chi connectivity index (χ1) is 8.53. The summed E-state index contributed by atoms with van der Waals surface area (Å²) in [6.45, 7) is 2.31. The Morgan fingerprint density at radius 2 is 1.72 bits per heavy atom. The third kappa shape index (κ3) is 3.01. The van der Waals surface area contributed by atoms with Gasteiger partial charge in [-0.2, -0.15) is 0 Å². The number of rotatable bonds is 3. The number of hydrogen-bond acceptors (Lipinski definition) is 1. The van der Waals surface area contributed by atoms with Crippen LogP contribution in [-0.2, 0) is 6.42 Å². The van der Waals surface area contributed by atoms with E-state index in [0.717, 1.165) is 22.0 Å². The predicted molar refractivity (Wildman–Crippen MR) is 79.3 cm³/mol. The topological polar surface area (TPSA) is 26.0 Å². The van der Waals surface area contributed by atoms with Crippen molar-refractivity contribution in [3.05, 3.63) is 33.8 Å². The van der Waals surface area contributed by atoms with Crippen LogP contribution in [0.1, 0.15) is 44.6 Å². The van der Waals surface area contributed by atoms with Crippen LogP contribution in [-0.4, -0.2) is 6.04 Å². The van der Waals surface area contributed by atoms with Crippen molar-refractivity contribution in [2.24, 2.45) is 11.1 Å². The van der Waals surface area contributed by atoms with Gasteiger partial charge in [-0.15, -0.1) is 0 Å². The van der Waals surface area contributed by atoms with Crippen LogP contribution < -0.4 is 5.73 Å². The Labute approximate surface area is 120 Å². The highest BCUT2D eigenvalue weighted by Crippen LogP contribution is 2.40. The summed E-state index contributed by atoms with van der Waals surface area (Å²) < 4.78 is 0. The van der Waals surface area contributed by atoms with Crippen molar-refractivity contribution in [2.75, 3.05) is 0 Å². The molecule has 0 saturated heterocycles. The van der Waals surface area contributed by atoms with Gasteiger partial charge in [0, 0.05) is 16.1 Å². The molecule has 1 aliphatic carbocycles. The molecule has 1 saturated carbocycles. The van der Waals surface area contributed by atoms with Crippen LogP contribution in [0.4, 0.5) is 0 Å². The van der Waals surface area contributed by atoms with Crippen molar-refractivity contribution in [3.63, 3.8) is 0 Å². The smallest absolute Gasteiger partial charge is 0.0453 e. The van der Waals surface area contributed by atoms with Crippen molar-refractivity contribution in [2.45, 2.75) is 51.5 Å². The molecule has 0 spiro atoms. The lowest BCUT2D eigenvalue weighted by atomic mass is 9.69. The van der Waals surface area contributed by atoms with Gasteiger partial charge in [-0.25, -0.2) is 0 Å². The molecule has 0 bridgehead atoms. The molecule has 1 atom stereocenters. The minimum atomic E-state index is 0.134. The molecule has 1 aromatic carbocycles. The van der Waals surface area contributed by atoms with Crippen molar-refractivity contribution in [1.29, 1.82) is 0 Å². The summed E-state index contributed by atoms with van der Waals surface area (Å²) in [5, 5.41) is 1.47. The highest BCUT2D eigenvalue weighted by atomic mass is 35.5. The summed E-state index contributed by atoms with van der Waals surface area (Å²) in [4.78, 5) is 0. The van der Waals surface area contributed by atoms with E-state index in [2.05, 4.69) is 6.92 Å². The van der Waals surface area contributed by atoms with Crippen molar-refractivity contribution < 1.29 is 0 Å². The average Bonchev–Trinajstić information content (AvgIpc) is 2.34. The van der Waals surface area contributed by atoms with Gasteiger partial charge in [0.25, 0.3) is 0 Å². The van der Waals surface area contributed by atoms with Gasteiger partial charge in [0.2, 0.25) is 0 Å². The first-order valence-corrected chi connectivity index (χ1v) is 7.47. The van der Waals surface area contributed by atoms with Gasteiger partial charge in [-0.05, 0) is 42.4 Å². The second kappa shape index (κ2) is 5.81. The molecule has 2 N–H and O–H groups in total. The second-order valence-electron chi connectivity index (χ2n) is 5.73. The molecular formula is C15H21Cl2N. The summed E-state index contributed by atoms with van der Waals surface area (Å²) in [5.41, 5.74) is 7.67. The van der Waals surface area contributed by atoms with Crippen LogP contribution in [0, 0.1) is 5.41 Å². The Balaban J connectivity index is 2.13. The van der Waals surface area contributed by atoms with Crippen LogP contribution in [0.5, 0.6) is 0 Å². The Kier molecular flexibility index (Phi) is 4.58. The zero-order valence-electron chi connectivity index (χ0n) is 10.9. The fourth-order valence-electron chi connectivity index (χ4n) is 2.92. The first-order valence-electron chi connectivity index (χ1n) is 6.71. The van der Waals surface area contributed by atoms with E-state index in [0.29, 0.717) is 0 Å². The molecule has 0 radical (unpaired) electrons. The lowest BCUT2D eigenvalue weighted by molar-refractivity contribution is 0.169. The van der Waals surface area contributed by atoms with Gasteiger partial charge >= 0.3 is 0 Å². The maximum atomic E-state index is 6.44. The number of hydrogen-bond donors (Lipinski definition) is 1. The Morgan fingerprint density at radius 3 is 2.28 bits per heavy atom. The Hall–Kier alpha value is -0.240. The van der Waals surface area contributed by atoms with Crippen molar-refractivity contribution >= 4 is 23.2 Å². The van der Waals surface area contributed by atoms with E-state index in [4.69, 9.17) is 28.9 Å². The van der Waals surface area contributed by atoms with Crippen LogP contribution >= 0.6 is 23.2 Å². The fraction of sp³-hybridized carbons (Fsp3) is 0.600. The van der Waals surface area contributed by atoms with Gasteiger partial charge in [0.05, 0.1) is 0 Å². The molecule has 0 heterocycles. The number of halogens is 2. The van der Waals surface area contributed by atoms with Gasteiger partial charge in [0.1, 0.15) is 0 Å². The lowest BCUT2D eigenvalue weighted by Crippen LogP contribution is -2.42. The van der Waals surface area contributed by atoms with E-state index in [9.17, 15) is 0 Å². The standard InChI is InChI=1S/C15H21Cl2N/c1-15(8-3-2-4-9-15)14(18)10-11-12(16)6-5-7-13(11)17/h5-7,14H,2-4,8-10,18H2,1H3. The van der Waals surface area contributed by atoms with Gasteiger partial charge in [-0.1, -0.05) is 55.5 Å². The monoisotopic (exact) mass is 285 g/mol. The Bertz CT molecular complexity index is 391. The largest absolute Gasteiger partial charge is 0.327 e. The van der Waals surface area contributed by atoms with E-state index in [1.807, 2.05) is 18.2 Å². The maximum absolute atomic E-state index is 6.44. The molecule has 1 unspecified atom stereocenters. The van der Waals surface area contributed by atoms with Gasteiger partial charge in [-0.3, -0.25) is 0 Å². The average molecular weight is 286 g/mol. The molecule has 18 heavy (non-hydrogen) atoms. The SMILES string of the molecule is CC1(C(N)Cc2c(Cl)cccc2Cl)CCCCC1. The van der Waals surface area contributed by atoms with Gasteiger partial charge in [0.15, 0.2) is 0 Å². The van der Waals surface area contributed by atoms with Crippen LogP contribution in [0.3, 0.4) is 0 Å². The molecule has 1 aromatic rings. The third-order valence-corrected chi connectivity index (χ3v) is 5.08. The molecular weight excluding hydrogens is 265 g/mol. The molecule has 0 aromatic heterocycles. The molecule has 100 valence electrons. The van der Waals surface area contributed by atoms with Crippen molar-refractivity contribution in [1.82, 2.24) is 0 Å². The van der Waals surface area contributed by atoms with E-state index >= 15 is 0 Å². The number of benzene rings is 1. The molecule has 1 fully saturated rings. The summed E-state index contributed by atoms with van der Waals surface area (Å²) in [6.07, 6.45) is 7.14. The summed E-state index contributed by atoms with van der Waals surface area (Å²) in [7, 11) is 0. The molecule has 3 heteroatoms. The van der Waals surface area contributed by atoms with Gasteiger partial charge < -0.3 is 5.73 Å². The summed E-state index contributed by atoms with van der Waals surface area (Å²) in [6, 6.07) is 5.79. The minimum Gasteiger partial charge on any atom is -0.327 e. The zero-order chi connectivity index (χ0) is 13.2. The summed E-state index contributed by atoms with van der Waals surface area (Å²) >= 11 is 12.4. The first kappa shape index (κ1) is 14.2. The Morgan fingerprint density at radius 1 is 1.17 bits per heavy atom. The quantitative estimate of drug-likeness (QED) is 0.845. The lowest BCUT2D eigenvalue weighted by Gasteiger charge is -2.39. The van der Waals surface area contributed by atoms with E-state index in [1.165, 1.54) is 32.1 Å². The minimum absolute atomic E-state index is 0.134.